The number of rotatable bonds is 4. The maximum Gasteiger partial charge on any atom is 0.0952 e. The molecular weight excluding hydrogens is 234 g/mol. The molecule has 3 nitrogen and oxygen atoms in total. The molecule has 1 aromatic rings. The van der Waals surface area contributed by atoms with E-state index in [1.165, 1.54) is 5.56 Å². The van der Waals surface area contributed by atoms with Crippen LogP contribution < -0.4 is 0 Å². The van der Waals surface area contributed by atoms with Gasteiger partial charge in [-0.15, -0.1) is 0 Å². The summed E-state index contributed by atoms with van der Waals surface area (Å²) in [5.74, 6) is 0.751. The number of morpholine rings is 1. The van der Waals surface area contributed by atoms with Crippen LogP contribution in [0.3, 0.4) is 0 Å². The van der Waals surface area contributed by atoms with Crippen LogP contribution in [0.15, 0.2) is 30.3 Å². The minimum Gasteiger partial charge on any atom is -0.371 e. The third-order valence-corrected chi connectivity index (χ3v) is 3.77. The Morgan fingerprint density at radius 2 is 2.18 bits per heavy atom. The third kappa shape index (κ3) is 3.91. The summed E-state index contributed by atoms with van der Waals surface area (Å²) in [5.41, 5.74) is 1.23. The lowest BCUT2D eigenvalue weighted by molar-refractivity contribution is -0.0278. The van der Waals surface area contributed by atoms with Gasteiger partial charge in [-0.05, 0) is 5.56 Å². The number of nitrogens with zero attached hydrogens (tertiary/aromatic N) is 1. The van der Waals surface area contributed by atoms with Crippen LogP contribution in [0.4, 0.5) is 0 Å². The molecule has 1 saturated heterocycles. The Kier molecular flexibility index (Phi) is 4.71. The first-order valence-electron chi connectivity index (χ1n) is 5.94. The van der Waals surface area contributed by atoms with E-state index in [2.05, 4.69) is 17.0 Å². The molecule has 1 heterocycles. The van der Waals surface area contributed by atoms with Crippen LogP contribution in [0.25, 0.3) is 0 Å². The molecular formula is C13H19NO2S. The standard InChI is InChI=1S/C13H19NO2S/c1-17(15)10-8-14-7-9-16-13(11-14)12-5-3-2-4-6-12/h2-6,13H,7-11H2,1H3/t13-,17+/m0/s1. The van der Waals surface area contributed by atoms with Gasteiger partial charge in [0.15, 0.2) is 0 Å². The Morgan fingerprint density at radius 1 is 1.41 bits per heavy atom. The van der Waals surface area contributed by atoms with Crippen molar-refractivity contribution in [1.29, 1.82) is 0 Å². The van der Waals surface area contributed by atoms with Crippen molar-refractivity contribution < 1.29 is 8.95 Å². The average Bonchev–Trinajstić information content (AvgIpc) is 2.38. The third-order valence-electron chi connectivity index (χ3n) is 3.02. The lowest BCUT2D eigenvalue weighted by Crippen LogP contribution is -2.40. The quantitative estimate of drug-likeness (QED) is 0.813. The Bertz CT molecular complexity index is 369. The molecule has 1 aromatic carbocycles. The van der Waals surface area contributed by atoms with E-state index in [-0.39, 0.29) is 6.10 Å². The molecule has 0 aliphatic carbocycles. The van der Waals surface area contributed by atoms with E-state index >= 15 is 0 Å². The van der Waals surface area contributed by atoms with Gasteiger partial charge in [0, 0.05) is 42.4 Å². The van der Waals surface area contributed by atoms with Gasteiger partial charge in [0.1, 0.15) is 0 Å². The van der Waals surface area contributed by atoms with E-state index in [1.807, 2.05) is 18.2 Å². The summed E-state index contributed by atoms with van der Waals surface area (Å²) in [5, 5.41) is 0. The zero-order valence-electron chi connectivity index (χ0n) is 10.2. The van der Waals surface area contributed by atoms with E-state index in [0.29, 0.717) is 0 Å². The number of hydrogen-bond acceptors (Lipinski definition) is 3. The second-order valence-electron chi connectivity index (χ2n) is 4.35. The van der Waals surface area contributed by atoms with Crippen LogP contribution in [-0.4, -0.2) is 47.4 Å². The average molecular weight is 253 g/mol. The zero-order chi connectivity index (χ0) is 12.1. The Labute approximate surface area is 105 Å². The molecule has 1 aliphatic rings. The second-order valence-corrected chi connectivity index (χ2v) is 5.90. The summed E-state index contributed by atoms with van der Waals surface area (Å²) in [6.45, 7) is 3.51. The lowest BCUT2D eigenvalue weighted by atomic mass is 10.1. The van der Waals surface area contributed by atoms with Gasteiger partial charge in [0.25, 0.3) is 0 Å². The van der Waals surface area contributed by atoms with E-state index in [0.717, 1.165) is 32.0 Å². The molecule has 17 heavy (non-hydrogen) atoms. The van der Waals surface area contributed by atoms with Gasteiger partial charge in [-0.25, -0.2) is 0 Å². The molecule has 0 spiro atoms. The van der Waals surface area contributed by atoms with Gasteiger partial charge >= 0.3 is 0 Å². The molecule has 1 aliphatic heterocycles. The zero-order valence-corrected chi connectivity index (χ0v) is 11.0. The van der Waals surface area contributed by atoms with Crippen molar-refractivity contribution in [3.8, 4) is 0 Å². The first kappa shape index (κ1) is 12.7. The van der Waals surface area contributed by atoms with Crippen LogP contribution in [0.1, 0.15) is 11.7 Å². The minimum atomic E-state index is -0.705. The molecule has 0 amide bonds. The smallest absolute Gasteiger partial charge is 0.0952 e. The lowest BCUT2D eigenvalue weighted by Gasteiger charge is -2.32. The van der Waals surface area contributed by atoms with Crippen molar-refractivity contribution in [2.24, 2.45) is 0 Å². The van der Waals surface area contributed by atoms with Crippen LogP contribution in [-0.2, 0) is 15.5 Å². The monoisotopic (exact) mass is 253 g/mol. The largest absolute Gasteiger partial charge is 0.371 e. The summed E-state index contributed by atoms with van der Waals surface area (Å²) in [4.78, 5) is 2.34. The first-order valence-corrected chi connectivity index (χ1v) is 7.67. The van der Waals surface area contributed by atoms with Crippen molar-refractivity contribution in [2.45, 2.75) is 6.10 Å². The predicted molar refractivity (Wildman–Crippen MR) is 70.5 cm³/mol. The fraction of sp³-hybridized carbons (Fsp3) is 0.538. The SMILES string of the molecule is C[S@@](=O)CCN1CCO[C@H](c2ccccc2)C1. The van der Waals surface area contributed by atoms with Crippen molar-refractivity contribution in [2.75, 3.05) is 38.2 Å². The molecule has 0 aromatic heterocycles. The van der Waals surface area contributed by atoms with E-state index in [1.54, 1.807) is 6.26 Å². The molecule has 1 fully saturated rings. The molecule has 0 bridgehead atoms. The maximum atomic E-state index is 11.1. The highest BCUT2D eigenvalue weighted by atomic mass is 32.2. The maximum absolute atomic E-state index is 11.1. The van der Waals surface area contributed by atoms with Gasteiger partial charge in [0.05, 0.1) is 12.7 Å². The van der Waals surface area contributed by atoms with E-state index < -0.39 is 10.8 Å². The Morgan fingerprint density at radius 3 is 2.88 bits per heavy atom. The topological polar surface area (TPSA) is 29.5 Å². The molecule has 2 atom stereocenters. The van der Waals surface area contributed by atoms with Gasteiger partial charge in [0.2, 0.25) is 0 Å². The van der Waals surface area contributed by atoms with Gasteiger partial charge in [-0.2, -0.15) is 0 Å². The van der Waals surface area contributed by atoms with Gasteiger partial charge in [-0.1, -0.05) is 30.3 Å². The Balaban J connectivity index is 1.91. The normalized spacial score (nSPS) is 23.5. The fourth-order valence-electron chi connectivity index (χ4n) is 2.03. The number of benzene rings is 1. The fourth-order valence-corrected chi connectivity index (χ4v) is 2.55. The van der Waals surface area contributed by atoms with Crippen molar-refractivity contribution >= 4 is 10.8 Å². The van der Waals surface area contributed by atoms with Crippen LogP contribution in [0.2, 0.25) is 0 Å². The van der Waals surface area contributed by atoms with Crippen molar-refractivity contribution in [3.05, 3.63) is 35.9 Å². The minimum absolute atomic E-state index is 0.162. The van der Waals surface area contributed by atoms with Crippen LogP contribution in [0, 0.1) is 0 Å². The van der Waals surface area contributed by atoms with Gasteiger partial charge in [-0.3, -0.25) is 9.11 Å². The Hall–Kier alpha value is -0.710. The van der Waals surface area contributed by atoms with E-state index in [9.17, 15) is 4.21 Å². The van der Waals surface area contributed by atoms with Gasteiger partial charge < -0.3 is 4.74 Å². The predicted octanol–water partition coefficient (Wildman–Crippen LogP) is 1.44. The summed E-state index contributed by atoms with van der Waals surface area (Å²) >= 11 is 0. The highest BCUT2D eigenvalue weighted by Crippen LogP contribution is 2.21. The highest BCUT2D eigenvalue weighted by molar-refractivity contribution is 7.84. The molecule has 0 unspecified atom stereocenters. The summed E-state index contributed by atoms with van der Waals surface area (Å²) in [7, 11) is -0.705. The number of ether oxygens (including phenoxy) is 1. The summed E-state index contributed by atoms with van der Waals surface area (Å²) < 4.78 is 16.9. The van der Waals surface area contributed by atoms with E-state index in [4.69, 9.17) is 4.74 Å². The first-order chi connectivity index (χ1) is 8.25. The molecule has 0 radical (unpaired) electrons. The highest BCUT2D eigenvalue weighted by Gasteiger charge is 2.21. The molecule has 4 heteroatoms. The van der Waals surface area contributed by atoms with Crippen LogP contribution in [0.5, 0.6) is 0 Å². The second kappa shape index (κ2) is 6.28. The molecule has 2 rings (SSSR count). The van der Waals surface area contributed by atoms with Crippen molar-refractivity contribution in [3.63, 3.8) is 0 Å². The molecule has 0 saturated carbocycles. The number of hydrogen-bond donors (Lipinski definition) is 0. The van der Waals surface area contributed by atoms with Crippen molar-refractivity contribution in [1.82, 2.24) is 4.90 Å². The summed E-state index contributed by atoms with van der Waals surface area (Å²) in [6.07, 6.45) is 1.92. The molecule has 94 valence electrons. The molecule has 0 N–H and O–H groups in total. The summed E-state index contributed by atoms with van der Waals surface area (Å²) in [6, 6.07) is 10.3. The van der Waals surface area contributed by atoms with Crippen LogP contribution >= 0.6 is 0 Å².